The van der Waals surface area contributed by atoms with Crippen LogP contribution in [0.5, 0.6) is 5.88 Å². The van der Waals surface area contributed by atoms with Gasteiger partial charge in [-0.15, -0.1) is 0 Å². The van der Waals surface area contributed by atoms with E-state index in [4.69, 9.17) is 5.11 Å². The molecule has 1 atom stereocenters. The van der Waals surface area contributed by atoms with Gasteiger partial charge in [-0.2, -0.15) is 4.39 Å². The van der Waals surface area contributed by atoms with Crippen LogP contribution in [0, 0.1) is 0 Å². The predicted octanol–water partition coefficient (Wildman–Crippen LogP) is 0.841. The second-order valence-corrected chi connectivity index (χ2v) is 1.94. The lowest BCUT2D eigenvalue weighted by atomic mass is 10.5. The maximum absolute atomic E-state index is 12.3. The van der Waals surface area contributed by atoms with Gasteiger partial charge in [0, 0.05) is 12.3 Å². The summed E-state index contributed by atoms with van der Waals surface area (Å²) in [5.41, 5.74) is 0. The maximum atomic E-state index is 12.3. The molecule has 0 aliphatic rings. The smallest absolute Gasteiger partial charge is 0.378 e. The van der Waals surface area contributed by atoms with Gasteiger partial charge in [0.25, 0.3) is 0 Å². The summed E-state index contributed by atoms with van der Waals surface area (Å²) in [4.78, 5) is 13.6. The highest BCUT2D eigenvalue weighted by Crippen LogP contribution is 2.06. The number of nitrogens with zero attached hydrogens (tertiary/aromatic N) is 1. The first kappa shape index (κ1) is 8.45. The Labute approximate surface area is 67.6 Å². The molecule has 0 fully saturated rings. The van der Waals surface area contributed by atoms with Gasteiger partial charge in [0.2, 0.25) is 5.88 Å². The summed E-state index contributed by atoms with van der Waals surface area (Å²) < 4.78 is 16.6. The predicted molar refractivity (Wildman–Crippen MR) is 37.4 cm³/mol. The molecule has 0 radical (unpaired) electrons. The van der Waals surface area contributed by atoms with Crippen molar-refractivity contribution in [3.8, 4) is 5.88 Å². The van der Waals surface area contributed by atoms with E-state index in [9.17, 15) is 9.18 Å². The molecule has 0 spiro atoms. The van der Waals surface area contributed by atoms with E-state index >= 15 is 0 Å². The lowest BCUT2D eigenvalue weighted by molar-refractivity contribution is -0.153. The number of carboxylic acids is 1. The van der Waals surface area contributed by atoms with Crippen LogP contribution in [0.4, 0.5) is 4.39 Å². The zero-order valence-corrected chi connectivity index (χ0v) is 5.98. The van der Waals surface area contributed by atoms with Gasteiger partial charge in [-0.25, -0.2) is 9.78 Å². The standard InChI is InChI=1S/C7H6FNO3/c8-6(7(10)11)12-5-3-1-2-4-9-5/h1-4,6H,(H,10,11). The van der Waals surface area contributed by atoms with Crippen LogP contribution in [0.3, 0.4) is 0 Å². The summed E-state index contributed by atoms with van der Waals surface area (Å²) in [6.07, 6.45) is -0.982. The lowest BCUT2D eigenvalue weighted by Crippen LogP contribution is -2.21. The summed E-state index contributed by atoms with van der Waals surface area (Å²) in [6.45, 7) is 0. The van der Waals surface area contributed by atoms with Crippen LogP contribution in [-0.2, 0) is 4.79 Å². The highest BCUT2D eigenvalue weighted by Gasteiger charge is 2.17. The molecule has 0 aliphatic heterocycles. The van der Waals surface area contributed by atoms with E-state index in [1.807, 2.05) is 0 Å². The van der Waals surface area contributed by atoms with Gasteiger partial charge in [0.1, 0.15) is 0 Å². The normalized spacial score (nSPS) is 12.1. The van der Waals surface area contributed by atoms with E-state index < -0.39 is 12.3 Å². The minimum Gasteiger partial charge on any atom is -0.476 e. The zero-order valence-electron chi connectivity index (χ0n) is 5.98. The van der Waals surface area contributed by atoms with E-state index in [2.05, 4.69) is 9.72 Å². The molecule has 0 aromatic carbocycles. The number of aliphatic carboxylic acids is 1. The maximum Gasteiger partial charge on any atom is 0.378 e. The van der Waals surface area contributed by atoms with Gasteiger partial charge in [-0.05, 0) is 6.07 Å². The average molecular weight is 171 g/mol. The van der Waals surface area contributed by atoms with Crippen LogP contribution in [-0.4, -0.2) is 22.4 Å². The fraction of sp³-hybridized carbons (Fsp3) is 0.143. The molecule has 1 aromatic rings. The van der Waals surface area contributed by atoms with E-state index in [0.717, 1.165) is 0 Å². The summed E-state index contributed by atoms with van der Waals surface area (Å²) in [5.74, 6) is -1.71. The lowest BCUT2D eigenvalue weighted by Gasteiger charge is -2.04. The van der Waals surface area contributed by atoms with Gasteiger partial charge in [0.05, 0.1) is 0 Å². The van der Waals surface area contributed by atoms with Crippen molar-refractivity contribution in [2.45, 2.75) is 6.36 Å². The number of hydrogen-bond acceptors (Lipinski definition) is 3. The third-order valence-electron chi connectivity index (χ3n) is 1.06. The Kier molecular flexibility index (Phi) is 2.57. The molecule has 5 heteroatoms. The minimum absolute atomic E-state index is 0.0487. The highest BCUT2D eigenvalue weighted by atomic mass is 19.1. The molecule has 0 saturated carbocycles. The molecule has 64 valence electrons. The molecule has 1 rings (SSSR count). The fourth-order valence-electron chi connectivity index (χ4n) is 0.573. The van der Waals surface area contributed by atoms with Crippen molar-refractivity contribution in [2.75, 3.05) is 0 Å². The molecule has 4 nitrogen and oxygen atoms in total. The summed E-state index contributed by atoms with van der Waals surface area (Å²) in [5, 5.41) is 8.12. The molecule has 0 aliphatic carbocycles. The number of alkyl halides is 1. The average Bonchev–Trinajstić information content (AvgIpc) is 2.06. The van der Waals surface area contributed by atoms with Crippen molar-refractivity contribution in [1.29, 1.82) is 0 Å². The fourth-order valence-corrected chi connectivity index (χ4v) is 0.573. The number of ether oxygens (including phenoxy) is 1. The Morgan fingerprint density at radius 1 is 1.67 bits per heavy atom. The second kappa shape index (κ2) is 3.66. The molecule has 1 unspecified atom stereocenters. The van der Waals surface area contributed by atoms with Gasteiger partial charge < -0.3 is 9.84 Å². The third kappa shape index (κ3) is 2.19. The quantitative estimate of drug-likeness (QED) is 0.732. The Morgan fingerprint density at radius 2 is 2.42 bits per heavy atom. The number of aromatic nitrogens is 1. The van der Waals surface area contributed by atoms with Gasteiger partial charge in [-0.3, -0.25) is 0 Å². The largest absolute Gasteiger partial charge is 0.476 e. The summed E-state index contributed by atoms with van der Waals surface area (Å²) in [6, 6.07) is 4.55. The van der Waals surface area contributed by atoms with Crippen LogP contribution in [0.15, 0.2) is 24.4 Å². The first-order valence-corrected chi connectivity index (χ1v) is 3.14. The number of pyridine rings is 1. The van der Waals surface area contributed by atoms with Crippen molar-refractivity contribution in [3.63, 3.8) is 0 Å². The van der Waals surface area contributed by atoms with E-state index in [-0.39, 0.29) is 5.88 Å². The topological polar surface area (TPSA) is 59.4 Å². The van der Waals surface area contributed by atoms with Crippen LogP contribution < -0.4 is 4.74 Å². The summed E-state index contributed by atoms with van der Waals surface area (Å²) in [7, 11) is 0. The molecule has 0 bridgehead atoms. The Morgan fingerprint density at radius 3 is 2.92 bits per heavy atom. The van der Waals surface area contributed by atoms with Crippen molar-refractivity contribution in [2.24, 2.45) is 0 Å². The van der Waals surface area contributed by atoms with Gasteiger partial charge >= 0.3 is 12.3 Å². The van der Waals surface area contributed by atoms with Crippen molar-refractivity contribution in [3.05, 3.63) is 24.4 Å². The van der Waals surface area contributed by atoms with Crippen LogP contribution in [0.25, 0.3) is 0 Å². The van der Waals surface area contributed by atoms with E-state index in [0.29, 0.717) is 0 Å². The molecular weight excluding hydrogens is 165 g/mol. The third-order valence-corrected chi connectivity index (χ3v) is 1.06. The van der Waals surface area contributed by atoms with Gasteiger partial charge in [0.15, 0.2) is 0 Å². The first-order valence-electron chi connectivity index (χ1n) is 3.14. The van der Waals surface area contributed by atoms with Crippen molar-refractivity contribution >= 4 is 5.97 Å². The van der Waals surface area contributed by atoms with Crippen molar-refractivity contribution in [1.82, 2.24) is 4.98 Å². The molecular formula is C7H6FNO3. The SMILES string of the molecule is O=C(O)C(F)Oc1ccccn1. The molecule has 0 saturated heterocycles. The van der Waals surface area contributed by atoms with Crippen LogP contribution in [0.1, 0.15) is 0 Å². The van der Waals surface area contributed by atoms with Crippen LogP contribution in [0.2, 0.25) is 0 Å². The first-order chi connectivity index (χ1) is 5.70. The van der Waals surface area contributed by atoms with E-state index in [1.54, 1.807) is 12.1 Å². The Hall–Kier alpha value is -1.65. The van der Waals surface area contributed by atoms with Crippen molar-refractivity contribution < 1.29 is 19.0 Å². The second-order valence-electron chi connectivity index (χ2n) is 1.94. The Bertz CT molecular complexity index is 265. The van der Waals surface area contributed by atoms with Crippen LogP contribution >= 0.6 is 0 Å². The number of halogens is 1. The summed E-state index contributed by atoms with van der Waals surface area (Å²) >= 11 is 0. The zero-order chi connectivity index (χ0) is 8.97. The molecule has 12 heavy (non-hydrogen) atoms. The number of carboxylic acid groups (broad SMARTS) is 1. The van der Waals surface area contributed by atoms with Gasteiger partial charge in [-0.1, -0.05) is 6.07 Å². The molecule has 1 aromatic heterocycles. The number of carbonyl (C=O) groups is 1. The monoisotopic (exact) mass is 171 g/mol. The highest BCUT2D eigenvalue weighted by molar-refractivity contribution is 5.70. The Balaban J connectivity index is 2.58. The van der Waals surface area contributed by atoms with E-state index in [1.165, 1.54) is 12.3 Å². The molecule has 1 N–H and O–H groups in total. The molecule has 1 heterocycles. The number of hydrogen-bond donors (Lipinski definition) is 1. The minimum atomic E-state index is -2.36. The number of rotatable bonds is 3. The molecule has 0 amide bonds.